The van der Waals surface area contributed by atoms with Gasteiger partial charge in [-0.05, 0) is 0 Å². The fourth-order valence-electron chi connectivity index (χ4n) is 0. The van der Waals surface area contributed by atoms with Gasteiger partial charge in [0.2, 0.25) is 0 Å². The van der Waals surface area contributed by atoms with Crippen LogP contribution in [0.1, 0.15) is 0 Å². The number of aliphatic hydroxyl groups excluding tert-OH is 1. The molecule has 2 unspecified atom stereocenters. The zero-order valence-corrected chi connectivity index (χ0v) is 3.13. The van der Waals surface area contributed by atoms with E-state index in [1.165, 1.54) is 0 Å². The maximum absolute atomic E-state index is 11.2. The van der Waals surface area contributed by atoms with E-state index in [0.717, 1.165) is 0 Å². The molecule has 6 heavy (non-hydrogen) atoms. The number of nitrogens with two attached hydrogens (primary N) is 2. The number of rotatable bonds is 1. The van der Waals surface area contributed by atoms with Crippen molar-refractivity contribution < 1.29 is 9.50 Å². The second-order valence-electron chi connectivity index (χ2n) is 0.935. The summed E-state index contributed by atoms with van der Waals surface area (Å²) in [6, 6.07) is 0. The molecule has 0 aromatic heterocycles. The normalized spacial score (nSPS) is 20.0. The van der Waals surface area contributed by atoms with E-state index in [0.29, 0.717) is 0 Å². The van der Waals surface area contributed by atoms with E-state index < -0.39 is 12.5 Å². The second-order valence-corrected chi connectivity index (χ2v) is 0.935. The molecule has 0 aliphatic carbocycles. The van der Waals surface area contributed by atoms with E-state index in [-0.39, 0.29) is 0 Å². The average Bonchev–Trinajstić information content (AvgIpc) is 1.36. The fraction of sp³-hybridized carbons (Fsp3) is 1.00. The Morgan fingerprint density at radius 1 is 1.50 bits per heavy atom. The first-order chi connectivity index (χ1) is 2.64. The van der Waals surface area contributed by atoms with Crippen LogP contribution >= 0.6 is 0 Å². The molecule has 5 N–H and O–H groups in total. The van der Waals surface area contributed by atoms with Gasteiger partial charge in [0.15, 0.2) is 6.30 Å². The van der Waals surface area contributed by atoms with Crippen LogP contribution in [0.4, 0.5) is 4.39 Å². The molecule has 0 rings (SSSR count). The minimum atomic E-state index is -1.81. The van der Waals surface area contributed by atoms with Gasteiger partial charge in [-0.3, -0.25) is 5.73 Å². The minimum Gasteiger partial charge on any atom is -0.374 e. The molecule has 0 radical (unpaired) electrons. The molecular formula is C2H7FN2O. The molecule has 4 heteroatoms. The summed E-state index contributed by atoms with van der Waals surface area (Å²) in [7, 11) is 0. The lowest BCUT2D eigenvalue weighted by molar-refractivity contribution is 0.0870. The van der Waals surface area contributed by atoms with Crippen molar-refractivity contribution in [2.45, 2.75) is 12.5 Å². The van der Waals surface area contributed by atoms with E-state index in [9.17, 15) is 4.39 Å². The number of aliphatic hydroxyl groups is 1. The van der Waals surface area contributed by atoms with Gasteiger partial charge in [-0.2, -0.15) is 0 Å². The van der Waals surface area contributed by atoms with Crippen LogP contribution in [0.3, 0.4) is 0 Å². The molecule has 2 atom stereocenters. The summed E-state index contributed by atoms with van der Waals surface area (Å²) < 4.78 is 11.2. The third kappa shape index (κ3) is 2.07. The van der Waals surface area contributed by atoms with Crippen LogP contribution in [-0.4, -0.2) is 17.6 Å². The monoisotopic (exact) mass is 94.1 g/mol. The van der Waals surface area contributed by atoms with Crippen LogP contribution in [0.25, 0.3) is 0 Å². The highest BCUT2D eigenvalue weighted by atomic mass is 19.1. The van der Waals surface area contributed by atoms with Crippen LogP contribution in [0.5, 0.6) is 0 Å². The van der Waals surface area contributed by atoms with Crippen LogP contribution < -0.4 is 11.5 Å². The smallest absolute Gasteiger partial charge is 0.188 e. The summed E-state index contributed by atoms with van der Waals surface area (Å²) in [5.74, 6) is 0. The first kappa shape index (κ1) is 5.81. The third-order valence-electron chi connectivity index (χ3n) is 0.326. The van der Waals surface area contributed by atoms with E-state index in [1.807, 2.05) is 0 Å². The van der Waals surface area contributed by atoms with Crippen molar-refractivity contribution in [2.24, 2.45) is 11.5 Å². The van der Waals surface area contributed by atoms with Gasteiger partial charge in [0.25, 0.3) is 0 Å². The largest absolute Gasteiger partial charge is 0.374 e. The third-order valence-corrected chi connectivity index (χ3v) is 0.326. The molecule has 0 spiro atoms. The summed E-state index contributed by atoms with van der Waals surface area (Å²) in [6.45, 7) is 0. The molecule has 0 saturated carbocycles. The number of alkyl halides is 1. The maximum Gasteiger partial charge on any atom is 0.188 e. The molecule has 0 aromatic rings. The maximum atomic E-state index is 11.2. The van der Waals surface area contributed by atoms with Crippen molar-refractivity contribution in [3.8, 4) is 0 Å². The van der Waals surface area contributed by atoms with Gasteiger partial charge in [-0.1, -0.05) is 0 Å². The zero-order chi connectivity index (χ0) is 5.15. The predicted octanol–water partition coefficient (Wildman–Crippen LogP) is -1.48. The zero-order valence-electron chi connectivity index (χ0n) is 3.13. The van der Waals surface area contributed by atoms with Gasteiger partial charge in [-0.15, -0.1) is 0 Å². The Morgan fingerprint density at radius 3 is 1.67 bits per heavy atom. The molecule has 0 amide bonds. The molecule has 0 aliphatic heterocycles. The van der Waals surface area contributed by atoms with E-state index >= 15 is 0 Å². The average molecular weight is 94.1 g/mol. The van der Waals surface area contributed by atoms with Crippen molar-refractivity contribution in [3.63, 3.8) is 0 Å². The lowest BCUT2D eigenvalue weighted by atomic mass is 10.6. The first-order valence-corrected chi connectivity index (χ1v) is 1.48. The summed E-state index contributed by atoms with van der Waals surface area (Å²) in [5.41, 5.74) is 8.88. The van der Waals surface area contributed by atoms with Crippen molar-refractivity contribution >= 4 is 0 Å². The molecule has 0 heterocycles. The molecule has 0 aromatic carbocycles. The highest BCUT2D eigenvalue weighted by Crippen LogP contribution is 1.78. The van der Waals surface area contributed by atoms with E-state index in [4.69, 9.17) is 5.11 Å². The van der Waals surface area contributed by atoms with Crippen molar-refractivity contribution in [1.82, 2.24) is 0 Å². The first-order valence-electron chi connectivity index (χ1n) is 1.48. The van der Waals surface area contributed by atoms with Crippen LogP contribution in [0, 0.1) is 0 Å². The Labute approximate surface area is 34.7 Å². The quantitative estimate of drug-likeness (QED) is 0.274. The SMILES string of the molecule is NC(O)C(N)F. The Balaban J connectivity index is 2.99. The van der Waals surface area contributed by atoms with Gasteiger partial charge < -0.3 is 10.8 Å². The summed E-state index contributed by atoms with van der Waals surface area (Å²) in [4.78, 5) is 0. The molecule has 0 saturated heterocycles. The van der Waals surface area contributed by atoms with Gasteiger partial charge in [-0.25, -0.2) is 4.39 Å². The Bertz CT molecular complexity index is 32.5. The molecule has 38 valence electrons. The number of hydrogen-bond donors (Lipinski definition) is 3. The van der Waals surface area contributed by atoms with Gasteiger partial charge in [0, 0.05) is 0 Å². The molecule has 0 aliphatic rings. The lowest BCUT2D eigenvalue weighted by Crippen LogP contribution is -2.37. The van der Waals surface area contributed by atoms with Crippen molar-refractivity contribution in [2.75, 3.05) is 0 Å². The van der Waals surface area contributed by atoms with Crippen LogP contribution in [-0.2, 0) is 0 Å². The Kier molecular flexibility index (Phi) is 2.00. The number of halogens is 1. The molecule has 3 nitrogen and oxygen atoms in total. The van der Waals surface area contributed by atoms with Crippen molar-refractivity contribution in [3.05, 3.63) is 0 Å². The number of hydrogen-bond acceptors (Lipinski definition) is 3. The Hall–Kier alpha value is -0.190. The summed E-state index contributed by atoms with van der Waals surface area (Å²) >= 11 is 0. The topological polar surface area (TPSA) is 72.3 Å². The molecule has 0 fully saturated rings. The van der Waals surface area contributed by atoms with Gasteiger partial charge in [0.1, 0.15) is 6.23 Å². The highest BCUT2D eigenvalue weighted by Gasteiger charge is 2.03. The minimum absolute atomic E-state index is 1.54. The van der Waals surface area contributed by atoms with Crippen LogP contribution in [0.2, 0.25) is 0 Å². The molecular weight excluding hydrogens is 87.0 g/mol. The second kappa shape index (κ2) is 2.07. The standard InChI is InChI=1S/C2H7FN2O/c3-1(4)2(5)6/h1-2,6H,4-5H2. The predicted molar refractivity (Wildman–Crippen MR) is 19.3 cm³/mol. The van der Waals surface area contributed by atoms with Gasteiger partial charge in [0.05, 0.1) is 0 Å². The summed E-state index contributed by atoms with van der Waals surface area (Å²) in [6.07, 6.45) is -3.35. The van der Waals surface area contributed by atoms with Crippen LogP contribution in [0.15, 0.2) is 0 Å². The van der Waals surface area contributed by atoms with E-state index in [1.54, 1.807) is 0 Å². The van der Waals surface area contributed by atoms with Crippen molar-refractivity contribution in [1.29, 1.82) is 0 Å². The van der Waals surface area contributed by atoms with E-state index in [2.05, 4.69) is 11.5 Å². The molecule has 0 bridgehead atoms. The van der Waals surface area contributed by atoms with Gasteiger partial charge >= 0.3 is 0 Å². The highest BCUT2D eigenvalue weighted by molar-refractivity contribution is 4.47. The lowest BCUT2D eigenvalue weighted by Gasteiger charge is -2.01. The fourth-order valence-corrected chi connectivity index (χ4v) is 0. The summed E-state index contributed by atoms with van der Waals surface area (Å²) in [5, 5.41) is 7.91. The Morgan fingerprint density at radius 2 is 1.67 bits per heavy atom.